The number of nitrogens with two attached hydrogens (primary N) is 1. The molecular formula is C22H26N6O. The highest BCUT2D eigenvalue weighted by atomic mass is 16.5. The summed E-state index contributed by atoms with van der Waals surface area (Å²) in [7, 11) is 1.68. The Morgan fingerprint density at radius 1 is 1.21 bits per heavy atom. The van der Waals surface area contributed by atoms with Crippen molar-refractivity contribution in [1.29, 1.82) is 0 Å². The van der Waals surface area contributed by atoms with Gasteiger partial charge in [-0.2, -0.15) is 5.10 Å². The fraction of sp³-hybridized carbons (Fsp3) is 0.409. The molecule has 7 heteroatoms. The average molecular weight is 390 g/mol. The van der Waals surface area contributed by atoms with Gasteiger partial charge < -0.3 is 10.5 Å². The van der Waals surface area contributed by atoms with Gasteiger partial charge in [0.05, 0.1) is 24.7 Å². The van der Waals surface area contributed by atoms with Crippen LogP contribution in [0.2, 0.25) is 0 Å². The number of aromatic amines is 1. The van der Waals surface area contributed by atoms with Gasteiger partial charge in [0.15, 0.2) is 0 Å². The molecule has 1 atom stereocenters. The number of anilines is 1. The molecule has 0 bridgehead atoms. The molecule has 1 aliphatic carbocycles. The van der Waals surface area contributed by atoms with E-state index < -0.39 is 0 Å². The minimum absolute atomic E-state index is 0.106. The zero-order valence-corrected chi connectivity index (χ0v) is 16.7. The number of aryl methyl sites for hydroxylation is 1. The number of methoxy groups -OCH3 is 1. The zero-order chi connectivity index (χ0) is 19.8. The van der Waals surface area contributed by atoms with E-state index in [2.05, 4.69) is 37.2 Å². The van der Waals surface area contributed by atoms with Crippen LogP contribution in [0, 0.1) is 0 Å². The highest BCUT2D eigenvalue weighted by Gasteiger charge is 2.43. The van der Waals surface area contributed by atoms with Crippen LogP contribution in [0.3, 0.4) is 0 Å². The van der Waals surface area contributed by atoms with Crippen LogP contribution in [0.5, 0.6) is 5.75 Å². The number of benzene rings is 1. The normalized spacial score (nSPS) is 21.4. The predicted octanol–water partition coefficient (Wildman–Crippen LogP) is 2.94. The number of ether oxygens (including phenoxy) is 1. The zero-order valence-electron chi connectivity index (χ0n) is 16.7. The molecule has 0 amide bonds. The number of aromatic nitrogens is 4. The molecular weight excluding hydrogens is 364 g/mol. The highest BCUT2D eigenvalue weighted by Crippen LogP contribution is 2.44. The maximum Gasteiger partial charge on any atom is 0.220 e. The number of likely N-dealkylation sites (tertiary alicyclic amines) is 1. The van der Waals surface area contributed by atoms with Crippen LogP contribution >= 0.6 is 0 Å². The van der Waals surface area contributed by atoms with E-state index in [-0.39, 0.29) is 5.41 Å². The van der Waals surface area contributed by atoms with Crippen molar-refractivity contribution in [3.63, 3.8) is 0 Å². The third-order valence-electron chi connectivity index (χ3n) is 6.40. The molecule has 1 fully saturated rings. The van der Waals surface area contributed by atoms with E-state index in [4.69, 9.17) is 10.5 Å². The lowest BCUT2D eigenvalue weighted by atomic mass is 9.77. The largest absolute Gasteiger partial charge is 0.497 e. The predicted molar refractivity (Wildman–Crippen MR) is 112 cm³/mol. The first-order valence-electron chi connectivity index (χ1n) is 10.2. The van der Waals surface area contributed by atoms with Crippen molar-refractivity contribution in [1.82, 2.24) is 25.1 Å². The van der Waals surface area contributed by atoms with E-state index in [9.17, 15) is 0 Å². The first-order chi connectivity index (χ1) is 14.2. The molecule has 3 aromatic rings. The molecule has 150 valence electrons. The lowest BCUT2D eigenvalue weighted by Gasteiger charge is -2.40. The topological polar surface area (TPSA) is 93.0 Å². The number of hydrogen-bond acceptors (Lipinski definition) is 6. The number of hydrogen-bond donors (Lipinski definition) is 2. The number of nitrogen functional groups attached to an aromatic ring is 1. The van der Waals surface area contributed by atoms with Gasteiger partial charge >= 0.3 is 0 Å². The Morgan fingerprint density at radius 2 is 2.07 bits per heavy atom. The molecule has 1 aliphatic heterocycles. The summed E-state index contributed by atoms with van der Waals surface area (Å²) in [6.45, 7) is 2.96. The Morgan fingerprint density at radius 3 is 2.90 bits per heavy atom. The second-order valence-electron chi connectivity index (χ2n) is 8.20. The third kappa shape index (κ3) is 3.25. The van der Waals surface area contributed by atoms with Crippen molar-refractivity contribution >= 4 is 5.95 Å². The van der Waals surface area contributed by atoms with Crippen molar-refractivity contribution in [3.8, 4) is 17.0 Å². The van der Waals surface area contributed by atoms with Crippen LogP contribution in [0.4, 0.5) is 5.95 Å². The van der Waals surface area contributed by atoms with Crippen LogP contribution in [0.25, 0.3) is 11.3 Å². The molecule has 2 aromatic heterocycles. The Balaban J connectivity index is 1.38. The first kappa shape index (κ1) is 18.1. The Bertz CT molecular complexity index is 1010. The quantitative estimate of drug-likeness (QED) is 0.711. The van der Waals surface area contributed by atoms with E-state index in [1.165, 1.54) is 29.7 Å². The minimum atomic E-state index is 0.106. The standard InChI is InChI=1S/C22H26N6O/c1-29-18-5-3-15(4-6-18)19-17(12-25-27-19)13-28-10-2-8-22(14-28)9-7-16-11-24-21(23)26-20(16)22/h3-6,11-12H,2,7-10,13-14H2,1H3,(H,25,27)(H2,23,24,26). The van der Waals surface area contributed by atoms with E-state index in [0.29, 0.717) is 5.95 Å². The van der Waals surface area contributed by atoms with Gasteiger partial charge in [0.2, 0.25) is 5.95 Å². The fourth-order valence-corrected chi connectivity index (χ4v) is 4.99. The Kier molecular flexibility index (Phi) is 4.47. The Hall–Kier alpha value is -2.93. The van der Waals surface area contributed by atoms with Crippen molar-refractivity contribution in [2.75, 3.05) is 25.9 Å². The van der Waals surface area contributed by atoms with Crippen molar-refractivity contribution < 1.29 is 4.74 Å². The molecule has 1 spiro atoms. The van der Waals surface area contributed by atoms with Crippen LogP contribution in [-0.4, -0.2) is 45.3 Å². The summed E-state index contributed by atoms with van der Waals surface area (Å²) < 4.78 is 5.28. The van der Waals surface area contributed by atoms with Crippen LogP contribution in [-0.2, 0) is 18.4 Å². The highest BCUT2D eigenvalue weighted by molar-refractivity contribution is 5.63. The maximum atomic E-state index is 5.91. The smallest absolute Gasteiger partial charge is 0.220 e. The average Bonchev–Trinajstić information content (AvgIpc) is 3.34. The van der Waals surface area contributed by atoms with E-state index in [1.54, 1.807) is 7.11 Å². The molecule has 29 heavy (non-hydrogen) atoms. The van der Waals surface area contributed by atoms with Gasteiger partial charge in [0.1, 0.15) is 5.75 Å². The molecule has 7 nitrogen and oxygen atoms in total. The first-order valence-corrected chi connectivity index (χ1v) is 10.2. The number of fused-ring (bicyclic) bond motifs is 2. The van der Waals surface area contributed by atoms with Crippen molar-refractivity contribution in [2.24, 2.45) is 0 Å². The van der Waals surface area contributed by atoms with E-state index >= 15 is 0 Å². The molecule has 5 rings (SSSR count). The van der Waals surface area contributed by atoms with Gasteiger partial charge in [-0.25, -0.2) is 9.97 Å². The second-order valence-corrected chi connectivity index (χ2v) is 8.20. The lowest BCUT2D eigenvalue weighted by molar-refractivity contribution is 0.137. The summed E-state index contributed by atoms with van der Waals surface area (Å²) in [6.07, 6.45) is 8.38. The summed E-state index contributed by atoms with van der Waals surface area (Å²) in [5.74, 6) is 1.24. The number of nitrogens with zero attached hydrogens (tertiary/aromatic N) is 4. The number of nitrogens with one attached hydrogen (secondary N) is 1. The summed E-state index contributed by atoms with van der Waals surface area (Å²) in [5.41, 5.74) is 11.9. The molecule has 0 saturated carbocycles. The molecule has 0 radical (unpaired) electrons. The van der Waals surface area contributed by atoms with Crippen LogP contribution in [0.15, 0.2) is 36.7 Å². The molecule has 1 saturated heterocycles. The third-order valence-corrected chi connectivity index (χ3v) is 6.40. The van der Waals surface area contributed by atoms with Gasteiger partial charge in [-0.15, -0.1) is 0 Å². The fourth-order valence-electron chi connectivity index (χ4n) is 4.99. The van der Waals surface area contributed by atoms with Crippen LogP contribution < -0.4 is 10.5 Å². The maximum absolute atomic E-state index is 5.91. The summed E-state index contributed by atoms with van der Waals surface area (Å²) in [5, 5.41) is 7.50. The van der Waals surface area contributed by atoms with Gasteiger partial charge in [0.25, 0.3) is 0 Å². The second kappa shape index (κ2) is 7.15. The summed E-state index contributed by atoms with van der Waals surface area (Å²) >= 11 is 0. The SMILES string of the molecule is COc1ccc(-c2[nH]ncc2CN2CCCC3(CCc4cnc(N)nc43)C2)cc1. The van der Waals surface area contributed by atoms with Crippen molar-refractivity contribution in [2.45, 2.75) is 37.6 Å². The number of H-pyrrole nitrogens is 1. The molecule has 3 N–H and O–H groups in total. The van der Waals surface area contributed by atoms with Gasteiger partial charge in [-0.3, -0.25) is 10.00 Å². The summed E-state index contributed by atoms with van der Waals surface area (Å²) in [6, 6.07) is 8.10. The van der Waals surface area contributed by atoms with Gasteiger partial charge in [-0.1, -0.05) is 0 Å². The van der Waals surface area contributed by atoms with Gasteiger partial charge in [-0.05, 0) is 62.1 Å². The van der Waals surface area contributed by atoms with Gasteiger partial charge in [0, 0.05) is 35.8 Å². The number of rotatable bonds is 4. The molecule has 1 unspecified atom stereocenters. The monoisotopic (exact) mass is 390 g/mol. The summed E-state index contributed by atoms with van der Waals surface area (Å²) in [4.78, 5) is 11.4. The minimum Gasteiger partial charge on any atom is -0.497 e. The van der Waals surface area contributed by atoms with E-state index in [0.717, 1.165) is 49.5 Å². The molecule has 3 heterocycles. The van der Waals surface area contributed by atoms with Crippen LogP contribution in [0.1, 0.15) is 36.1 Å². The lowest BCUT2D eigenvalue weighted by Crippen LogP contribution is -2.45. The Labute approximate surface area is 170 Å². The number of piperidine rings is 1. The molecule has 2 aliphatic rings. The molecule has 1 aromatic carbocycles. The van der Waals surface area contributed by atoms with E-state index in [1.807, 2.05) is 24.5 Å². The van der Waals surface area contributed by atoms with Crippen molar-refractivity contribution in [3.05, 3.63) is 53.5 Å².